The van der Waals surface area contributed by atoms with Gasteiger partial charge in [-0.15, -0.1) is 12.4 Å². The quantitative estimate of drug-likeness (QED) is 0.832. The molecule has 0 bridgehead atoms. The zero-order valence-corrected chi connectivity index (χ0v) is 14.1. The molecule has 1 aliphatic rings. The number of piperidine rings is 1. The summed E-state index contributed by atoms with van der Waals surface area (Å²) < 4.78 is 4.85. The molecule has 1 saturated heterocycles. The molecule has 0 aromatic heterocycles. The first-order valence-corrected chi connectivity index (χ1v) is 7.49. The van der Waals surface area contributed by atoms with Gasteiger partial charge in [-0.3, -0.25) is 9.59 Å². The number of nitrogens with one attached hydrogen (secondary N) is 1. The van der Waals surface area contributed by atoms with E-state index in [1.165, 1.54) is 7.11 Å². The highest BCUT2D eigenvalue weighted by Crippen LogP contribution is 2.14. The van der Waals surface area contributed by atoms with E-state index >= 15 is 0 Å². The number of rotatable bonds is 5. The Hall–Kier alpha value is -1.63. The van der Waals surface area contributed by atoms with Gasteiger partial charge in [0.15, 0.2) is 0 Å². The maximum atomic E-state index is 12.2. The second kappa shape index (κ2) is 9.50. The standard InChI is InChI=1S/C16H23N3O3.ClH/c1-22-11-14(20)19-9-7-13(8-10-19)18-16(21)15(17)12-5-3-2-4-6-12;/h2-6,13,15H,7-11,17H2,1H3,(H,18,21);1H. The Morgan fingerprint density at radius 2 is 1.91 bits per heavy atom. The number of likely N-dealkylation sites (tertiary alicyclic amines) is 1. The van der Waals surface area contributed by atoms with Crippen LogP contribution >= 0.6 is 12.4 Å². The number of nitrogens with zero attached hydrogens (tertiary/aromatic N) is 1. The van der Waals surface area contributed by atoms with Crippen LogP contribution in [-0.4, -0.2) is 49.6 Å². The zero-order chi connectivity index (χ0) is 15.9. The summed E-state index contributed by atoms with van der Waals surface area (Å²) in [6.07, 6.45) is 1.48. The van der Waals surface area contributed by atoms with Gasteiger partial charge < -0.3 is 20.7 Å². The largest absolute Gasteiger partial charge is 0.375 e. The minimum absolute atomic E-state index is 0. The molecule has 23 heavy (non-hydrogen) atoms. The molecule has 7 heteroatoms. The molecule has 1 fully saturated rings. The van der Waals surface area contributed by atoms with E-state index in [-0.39, 0.29) is 36.9 Å². The van der Waals surface area contributed by atoms with Gasteiger partial charge in [0.05, 0.1) is 0 Å². The van der Waals surface area contributed by atoms with Crippen molar-refractivity contribution in [3.63, 3.8) is 0 Å². The first-order chi connectivity index (χ1) is 10.6. The van der Waals surface area contributed by atoms with Gasteiger partial charge >= 0.3 is 0 Å². The van der Waals surface area contributed by atoms with E-state index in [0.717, 1.165) is 18.4 Å². The van der Waals surface area contributed by atoms with Crippen LogP contribution in [0.15, 0.2) is 30.3 Å². The van der Waals surface area contributed by atoms with Crippen molar-refractivity contribution >= 4 is 24.2 Å². The summed E-state index contributed by atoms with van der Waals surface area (Å²) in [6.45, 7) is 1.37. The Labute approximate surface area is 142 Å². The van der Waals surface area contributed by atoms with Crippen LogP contribution < -0.4 is 11.1 Å². The highest BCUT2D eigenvalue weighted by atomic mass is 35.5. The third kappa shape index (κ3) is 5.49. The van der Waals surface area contributed by atoms with Crippen LogP contribution in [0.25, 0.3) is 0 Å². The smallest absolute Gasteiger partial charge is 0.248 e. The monoisotopic (exact) mass is 341 g/mol. The number of ether oxygens (including phenoxy) is 1. The molecule has 1 aliphatic heterocycles. The third-order valence-electron chi connectivity index (χ3n) is 3.90. The van der Waals surface area contributed by atoms with E-state index in [1.807, 2.05) is 30.3 Å². The molecule has 0 saturated carbocycles. The van der Waals surface area contributed by atoms with Crippen LogP contribution in [0.3, 0.4) is 0 Å². The number of hydrogen-bond acceptors (Lipinski definition) is 4. The van der Waals surface area contributed by atoms with E-state index in [0.29, 0.717) is 13.1 Å². The maximum absolute atomic E-state index is 12.2. The average Bonchev–Trinajstić information content (AvgIpc) is 2.55. The molecular formula is C16H24ClN3O3. The highest BCUT2D eigenvalue weighted by molar-refractivity contribution is 5.85. The summed E-state index contributed by atoms with van der Waals surface area (Å²) in [5, 5.41) is 2.98. The molecule has 1 heterocycles. The van der Waals surface area contributed by atoms with Crippen molar-refractivity contribution in [2.45, 2.75) is 24.9 Å². The van der Waals surface area contributed by atoms with Gasteiger partial charge in [0.1, 0.15) is 12.6 Å². The molecular weight excluding hydrogens is 318 g/mol. The Morgan fingerprint density at radius 1 is 1.30 bits per heavy atom. The summed E-state index contributed by atoms with van der Waals surface area (Å²) >= 11 is 0. The number of carbonyl (C=O) groups excluding carboxylic acids is 2. The average molecular weight is 342 g/mol. The number of hydrogen-bond donors (Lipinski definition) is 2. The van der Waals surface area contributed by atoms with E-state index in [2.05, 4.69) is 5.32 Å². The van der Waals surface area contributed by atoms with Crippen molar-refractivity contribution < 1.29 is 14.3 Å². The molecule has 1 aromatic rings. The molecule has 3 N–H and O–H groups in total. The number of methoxy groups -OCH3 is 1. The third-order valence-corrected chi connectivity index (χ3v) is 3.90. The number of nitrogens with two attached hydrogens (primary N) is 1. The molecule has 2 rings (SSSR count). The Kier molecular flexibility index (Phi) is 8.02. The van der Waals surface area contributed by atoms with Gasteiger partial charge in [-0.2, -0.15) is 0 Å². The number of halogens is 1. The number of benzene rings is 1. The Bertz CT molecular complexity index is 505. The van der Waals surface area contributed by atoms with Gasteiger partial charge in [0, 0.05) is 26.2 Å². The van der Waals surface area contributed by atoms with E-state index < -0.39 is 6.04 Å². The summed E-state index contributed by atoms with van der Waals surface area (Å²) in [5.41, 5.74) is 6.78. The second-order valence-electron chi connectivity index (χ2n) is 5.49. The van der Waals surface area contributed by atoms with Crippen molar-refractivity contribution in [2.24, 2.45) is 5.73 Å². The zero-order valence-electron chi connectivity index (χ0n) is 13.2. The fourth-order valence-electron chi connectivity index (χ4n) is 2.59. The highest BCUT2D eigenvalue weighted by Gasteiger charge is 2.25. The van der Waals surface area contributed by atoms with Crippen molar-refractivity contribution in [3.8, 4) is 0 Å². The van der Waals surface area contributed by atoms with Gasteiger partial charge in [-0.1, -0.05) is 30.3 Å². The number of carbonyl (C=O) groups is 2. The summed E-state index contributed by atoms with van der Waals surface area (Å²) in [7, 11) is 1.51. The van der Waals surface area contributed by atoms with Gasteiger partial charge in [-0.25, -0.2) is 0 Å². The fourth-order valence-corrected chi connectivity index (χ4v) is 2.59. The normalized spacial score (nSPS) is 16.3. The molecule has 6 nitrogen and oxygen atoms in total. The molecule has 0 aliphatic carbocycles. The van der Waals surface area contributed by atoms with Crippen LogP contribution in [-0.2, 0) is 14.3 Å². The van der Waals surface area contributed by atoms with Crippen LogP contribution in [0.4, 0.5) is 0 Å². The van der Waals surface area contributed by atoms with Crippen molar-refractivity contribution in [1.82, 2.24) is 10.2 Å². The molecule has 1 unspecified atom stereocenters. The molecule has 1 atom stereocenters. The van der Waals surface area contributed by atoms with Crippen LogP contribution in [0.2, 0.25) is 0 Å². The lowest BCUT2D eigenvalue weighted by Crippen LogP contribution is -2.49. The number of amides is 2. The summed E-state index contributed by atoms with van der Waals surface area (Å²) in [5.74, 6) is -0.180. The second-order valence-corrected chi connectivity index (χ2v) is 5.49. The summed E-state index contributed by atoms with van der Waals surface area (Å²) in [4.78, 5) is 25.7. The van der Waals surface area contributed by atoms with Gasteiger partial charge in [0.2, 0.25) is 11.8 Å². The van der Waals surface area contributed by atoms with Crippen LogP contribution in [0.1, 0.15) is 24.4 Å². The fraction of sp³-hybridized carbons (Fsp3) is 0.500. The SMILES string of the molecule is COCC(=O)N1CCC(NC(=O)C(N)c2ccccc2)CC1.Cl. The van der Waals surface area contributed by atoms with Crippen molar-refractivity contribution in [2.75, 3.05) is 26.8 Å². The molecule has 128 valence electrons. The van der Waals surface area contributed by atoms with Crippen LogP contribution in [0.5, 0.6) is 0 Å². The van der Waals surface area contributed by atoms with E-state index in [9.17, 15) is 9.59 Å². The minimum Gasteiger partial charge on any atom is -0.375 e. The Balaban J connectivity index is 0.00000264. The molecule has 2 amide bonds. The maximum Gasteiger partial charge on any atom is 0.248 e. The molecule has 0 radical (unpaired) electrons. The van der Waals surface area contributed by atoms with Crippen LogP contribution in [0, 0.1) is 0 Å². The van der Waals surface area contributed by atoms with E-state index in [1.54, 1.807) is 4.90 Å². The predicted octanol–water partition coefficient (Wildman–Crippen LogP) is 0.862. The van der Waals surface area contributed by atoms with Crippen molar-refractivity contribution in [3.05, 3.63) is 35.9 Å². The first-order valence-electron chi connectivity index (χ1n) is 7.49. The van der Waals surface area contributed by atoms with E-state index in [4.69, 9.17) is 10.5 Å². The molecule has 1 aromatic carbocycles. The lowest BCUT2D eigenvalue weighted by molar-refractivity contribution is -0.136. The lowest BCUT2D eigenvalue weighted by atomic mass is 10.0. The first kappa shape index (κ1) is 19.4. The predicted molar refractivity (Wildman–Crippen MR) is 90.2 cm³/mol. The minimum atomic E-state index is -0.658. The van der Waals surface area contributed by atoms with Crippen molar-refractivity contribution in [1.29, 1.82) is 0 Å². The van der Waals surface area contributed by atoms with Gasteiger partial charge in [-0.05, 0) is 18.4 Å². The van der Waals surface area contributed by atoms with Gasteiger partial charge in [0.25, 0.3) is 0 Å². The Morgan fingerprint density at radius 3 is 2.48 bits per heavy atom. The molecule has 0 spiro atoms. The lowest BCUT2D eigenvalue weighted by Gasteiger charge is -2.32. The topological polar surface area (TPSA) is 84.7 Å². The summed E-state index contributed by atoms with van der Waals surface area (Å²) in [6, 6.07) is 8.71.